The Morgan fingerprint density at radius 3 is 3.18 bits per heavy atom. The maximum absolute atomic E-state index is 13.2. The van der Waals surface area contributed by atoms with E-state index in [2.05, 4.69) is 21.5 Å². The van der Waals surface area contributed by atoms with E-state index in [1.165, 1.54) is 6.07 Å². The van der Waals surface area contributed by atoms with E-state index in [0.717, 1.165) is 30.2 Å². The van der Waals surface area contributed by atoms with Crippen LogP contribution in [0.5, 0.6) is 0 Å². The maximum atomic E-state index is 13.2. The summed E-state index contributed by atoms with van der Waals surface area (Å²) in [6.45, 7) is 2.83. The Labute approximate surface area is 99.6 Å². The Morgan fingerprint density at radius 2 is 2.35 bits per heavy atom. The molecule has 1 aromatic carbocycles. The molecule has 0 aromatic heterocycles. The molecular weight excluding hydrogens is 217 g/mol. The fourth-order valence-corrected chi connectivity index (χ4v) is 2.37. The van der Waals surface area contributed by atoms with Crippen LogP contribution in [0.25, 0.3) is 0 Å². The highest BCUT2D eigenvalue weighted by Crippen LogP contribution is 2.29. The Bertz CT molecular complexity index is 507. The first-order chi connectivity index (χ1) is 8.24. The normalized spacial score (nSPS) is 22.7. The number of hydrazone groups is 1. The number of benzene rings is 1. The van der Waals surface area contributed by atoms with Crippen molar-refractivity contribution in [3.63, 3.8) is 0 Å². The monoisotopic (exact) mass is 231 g/mol. The lowest BCUT2D eigenvalue weighted by molar-refractivity contribution is 0.423. The summed E-state index contributed by atoms with van der Waals surface area (Å²) < 4.78 is 13.2. The summed E-state index contributed by atoms with van der Waals surface area (Å²) in [7, 11) is 0. The number of hydrogen-bond donors (Lipinski definition) is 1. The quantitative estimate of drug-likeness (QED) is 0.803. The van der Waals surface area contributed by atoms with E-state index >= 15 is 0 Å². The van der Waals surface area contributed by atoms with Gasteiger partial charge in [0.2, 0.25) is 0 Å². The van der Waals surface area contributed by atoms with Gasteiger partial charge in [0.05, 0.1) is 0 Å². The van der Waals surface area contributed by atoms with E-state index < -0.39 is 0 Å². The Balaban J connectivity index is 1.86. The van der Waals surface area contributed by atoms with Crippen LogP contribution in [0.4, 0.5) is 4.39 Å². The molecule has 1 atom stereocenters. The van der Waals surface area contributed by atoms with Gasteiger partial charge in [0.15, 0.2) is 0 Å². The molecule has 2 aliphatic heterocycles. The third-order valence-electron chi connectivity index (χ3n) is 3.33. The number of rotatable bonds is 1. The van der Waals surface area contributed by atoms with E-state index in [1.807, 2.05) is 13.0 Å². The van der Waals surface area contributed by atoms with Gasteiger partial charge < -0.3 is 4.90 Å². The molecule has 0 fully saturated rings. The van der Waals surface area contributed by atoms with Gasteiger partial charge in [-0.2, -0.15) is 5.10 Å². The molecule has 0 saturated carbocycles. The molecule has 0 radical (unpaired) electrons. The topological polar surface area (TPSA) is 27.6 Å². The molecule has 1 N–H and O–H groups in total. The minimum absolute atomic E-state index is 0.165. The molecule has 0 aliphatic carbocycles. The first-order valence-corrected chi connectivity index (χ1v) is 5.77. The van der Waals surface area contributed by atoms with Gasteiger partial charge in [-0.15, -0.1) is 0 Å². The summed E-state index contributed by atoms with van der Waals surface area (Å²) in [5.41, 5.74) is 4.05. The van der Waals surface area contributed by atoms with Crippen molar-refractivity contribution in [2.75, 3.05) is 6.54 Å². The number of nitrogens with one attached hydrogen (secondary N) is 1. The molecular formula is C13H14FN3. The predicted octanol–water partition coefficient (Wildman–Crippen LogP) is 2.39. The number of amidine groups is 1. The largest absolute Gasteiger partial charge is 0.313 e. The number of halogens is 1. The maximum Gasteiger partial charge on any atom is 0.127 e. The summed E-state index contributed by atoms with van der Waals surface area (Å²) >= 11 is 0. The van der Waals surface area contributed by atoms with E-state index in [0.29, 0.717) is 5.92 Å². The minimum Gasteiger partial charge on any atom is -0.313 e. The second kappa shape index (κ2) is 3.87. The number of allylic oxidation sites excluding steroid dienone is 1. The summed E-state index contributed by atoms with van der Waals surface area (Å²) in [4.78, 5) is 2.14. The molecule has 2 aliphatic rings. The summed E-state index contributed by atoms with van der Waals surface area (Å²) in [5, 5.41) is 4.18. The Kier molecular flexibility index (Phi) is 2.35. The van der Waals surface area contributed by atoms with Crippen molar-refractivity contribution in [2.24, 2.45) is 5.10 Å². The average molecular weight is 231 g/mol. The van der Waals surface area contributed by atoms with Crippen molar-refractivity contribution in [3.8, 4) is 0 Å². The molecule has 3 rings (SSSR count). The predicted molar refractivity (Wildman–Crippen MR) is 64.8 cm³/mol. The minimum atomic E-state index is -0.165. The summed E-state index contributed by atoms with van der Waals surface area (Å²) in [6.07, 6.45) is 3.05. The fraction of sp³-hybridized carbons (Fsp3) is 0.308. The SMILES string of the molecule is CC1=NNC2=CCC(c3cccc(F)c3)CN21. The molecule has 1 aromatic rings. The third-order valence-corrected chi connectivity index (χ3v) is 3.33. The van der Waals surface area contributed by atoms with Crippen LogP contribution < -0.4 is 5.43 Å². The van der Waals surface area contributed by atoms with Crippen LogP contribution in [0.3, 0.4) is 0 Å². The Morgan fingerprint density at radius 1 is 1.47 bits per heavy atom. The molecule has 17 heavy (non-hydrogen) atoms. The number of nitrogens with zero attached hydrogens (tertiary/aromatic N) is 2. The molecule has 0 saturated heterocycles. The van der Waals surface area contributed by atoms with Crippen LogP contribution in [0, 0.1) is 5.82 Å². The molecule has 0 spiro atoms. The van der Waals surface area contributed by atoms with Crippen molar-refractivity contribution in [1.29, 1.82) is 0 Å². The van der Waals surface area contributed by atoms with Crippen molar-refractivity contribution in [1.82, 2.24) is 10.3 Å². The highest BCUT2D eigenvalue weighted by atomic mass is 19.1. The molecule has 2 heterocycles. The van der Waals surface area contributed by atoms with Gasteiger partial charge in [0, 0.05) is 12.5 Å². The zero-order chi connectivity index (χ0) is 11.8. The van der Waals surface area contributed by atoms with Gasteiger partial charge in [-0.05, 0) is 37.1 Å². The van der Waals surface area contributed by atoms with Gasteiger partial charge in [-0.1, -0.05) is 12.1 Å². The lowest BCUT2D eigenvalue weighted by Crippen LogP contribution is -2.33. The van der Waals surface area contributed by atoms with Crippen molar-refractivity contribution in [2.45, 2.75) is 19.3 Å². The van der Waals surface area contributed by atoms with Crippen molar-refractivity contribution < 1.29 is 4.39 Å². The van der Waals surface area contributed by atoms with Gasteiger partial charge in [-0.25, -0.2) is 4.39 Å². The van der Waals surface area contributed by atoms with E-state index in [1.54, 1.807) is 12.1 Å². The molecule has 0 amide bonds. The smallest absolute Gasteiger partial charge is 0.127 e. The van der Waals surface area contributed by atoms with Crippen LogP contribution in [-0.2, 0) is 0 Å². The standard InChI is InChI=1S/C13H14FN3/c1-9-15-16-13-6-5-11(8-17(9)13)10-3-2-4-12(14)7-10/h2-4,6-7,11,16H,5,8H2,1H3. The first kappa shape index (κ1) is 10.3. The molecule has 0 bridgehead atoms. The molecule has 4 heteroatoms. The number of fused-ring (bicyclic) bond motifs is 1. The second-order valence-corrected chi connectivity index (χ2v) is 4.46. The summed E-state index contributed by atoms with van der Waals surface area (Å²) in [5.74, 6) is 2.19. The van der Waals surface area contributed by atoms with Crippen LogP contribution in [0.15, 0.2) is 41.3 Å². The highest BCUT2D eigenvalue weighted by Gasteiger charge is 2.27. The fourth-order valence-electron chi connectivity index (χ4n) is 2.37. The van der Waals surface area contributed by atoms with Gasteiger partial charge in [0.1, 0.15) is 17.5 Å². The van der Waals surface area contributed by atoms with Crippen LogP contribution in [0.2, 0.25) is 0 Å². The van der Waals surface area contributed by atoms with Crippen LogP contribution in [0.1, 0.15) is 24.8 Å². The Hall–Kier alpha value is -1.84. The van der Waals surface area contributed by atoms with Crippen LogP contribution >= 0.6 is 0 Å². The van der Waals surface area contributed by atoms with Crippen molar-refractivity contribution in [3.05, 3.63) is 47.5 Å². The van der Waals surface area contributed by atoms with Gasteiger partial charge in [0.25, 0.3) is 0 Å². The lowest BCUT2D eigenvalue weighted by atomic mass is 9.92. The van der Waals surface area contributed by atoms with Crippen molar-refractivity contribution >= 4 is 5.84 Å². The van der Waals surface area contributed by atoms with Crippen LogP contribution in [-0.4, -0.2) is 17.3 Å². The van der Waals surface area contributed by atoms with E-state index in [-0.39, 0.29) is 5.82 Å². The van der Waals surface area contributed by atoms with Gasteiger partial charge in [-0.3, -0.25) is 5.43 Å². The zero-order valence-corrected chi connectivity index (χ0v) is 9.65. The van der Waals surface area contributed by atoms with E-state index in [9.17, 15) is 4.39 Å². The summed E-state index contributed by atoms with van der Waals surface area (Å²) in [6, 6.07) is 6.87. The lowest BCUT2D eigenvalue weighted by Gasteiger charge is -2.29. The average Bonchev–Trinajstić information content (AvgIpc) is 2.71. The molecule has 1 unspecified atom stereocenters. The molecule has 3 nitrogen and oxygen atoms in total. The van der Waals surface area contributed by atoms with E-state index in [4.69, 9.17) is 0 Å². The number of hydrogen-bond acceptors (Lipinski definition) is 3. The molecule has 88 valence electrons. The highest BCUT2D eigenvalue weighted by molar-refractivity contribution is 5.83. The van der Waals surface area contributed by atoms with Gasteiger partial charge >= 0.3 is 0 Å². The second-order valence-electron chi connectivity index (χ2n) is 4.46. The third kappa shape index (κ3) is 1.79. The first-order valence-electron chi connectivity index (χ1n) is 5.77. The zero-order valence-electron chi connectivity index (χ0n) is 9.65.